The van der Waals surface area contributed by atoms with Gasteiger partial charge in [-0.25, -0.2) is 14.4 Å². The number of cyclic esters (lactones) is 2. The van der Waals surface area contributed by atoms with Crippen molar-refractivity contribution < 1.29 is 33.7 Å². The molecule has 2 aliphatic heterocycles. The van der Waals surface area contributed by atoms with Gasteiger partial charge in [0.2, 0.25) is 0 Å². The first-order valence-electron chi connectivity index (χ1n) is 7.81. The molecule has 24 heavy (non-hydrogen) atoms. The van der Waals surface area contributed by atoms with Gasteiger partial charge in [0.15, 0.2) is 5.57 Å². The molecular weight excluding hydrogens is 318 g/mol. The van der Waals surface area contributed by atoms with Crippen LogP contribution in [0.1, 0.15) is 47.5 Å². The Hall–Kier alpha value is -2.25. The fraction of sp³-hybridized carbons (Fsp3) is 0.688. The van der Waals surface area contributed by atoms with Crippen LogP contribution in [0.4, 0.5) is 4.79 Å². The molecule has 1 atom stereocenters. The molecule has 134 valence electrons. The Morgan fingerprint density at radius 1 is 1.25 bits per heavy atom. The van der Waals surface area contributed by atoms with Crippen molar-refractivity contribution in [3.8, 4) is 0 Å². The average Bonchev–Trinajstić information content (AvgIpc) is 2.82. The van der Waals surface area contributed by atoms with E-state index in [1.165, 1.54) is 18.7 Å². The molecule has 0 bridgehead atoms. The lowest BCUT2D eigenvalue weighted by molar-refractivity contribution is -0.222. The van der Waals surface area contributed by atoms with Crippen LogP contribution in [-0.4, -0.2) is 52.0 Å². The van der Waals surface area contributed by atoms with Crippen molar-refractivity contribution in [1.29, 1.82) is 0 Å². The minimum atomic E-state index is -1.39. The number of nitrogens with zero attached hydrogens (tertiary/aromatic N) is 1. The van der Waals surface area contributed by atoms with Gasteiger partial charge in [0.1, 0.15) is 11.4 Å². The zero-order valence-electron chi connectivity index (χ0n) is 14.5. The molecule has 2 rings (SSSR count). The largest absolute Gasteiger partial charge is 0.509 e. The molecule has 0 aromatic rings. The van der Waals surface area contributed by atoms with Crippen molar-refractivity contribution in [3.63, 3.8) is 0 Å². The minimum Gasteiger partial charge on any atom is -0.509 e. The summed E-state index contributed by atoms with van der Waals surface area (Å²) < 4.78 is 15.3. The highest BCUT2D eigenvalue weighted by Crippen LogP contribution is 2.30. The number of carbonyl (C=O) groups is 3. The van der Waals surface area contributed by atoms with Crippen LogP contribution in [0.5, 0.6) is 0 Å². The number of aliphatic hydroxyl groups is 1. The quantitative estimate of drug-likeness (QED) is 0.337. The Kier molecular flexibility index (Phi) is 4.52. The third-order valence-corrected chi connectivity index (χ3v) is 3.54. The molecule has 1 amide bonds. The number of carbonyl (C=O) groups excluding carboxylic acids is 3. The van der Waals surface area contributed by atoms with Gasteiger partial charge in [-0.1, -0.05) is 0 Å². The van der Waals surface area contributed by atoms with Crippen LogP contribution < -0.4 is 0 Å². The van der Waals surface area contributed by atoms with Gasteiger partial charge in [-0.2, -0.15) is 0 Å². The molecular formula is C16H23NO7. The second-order valence-electron chi connectivity index (χ2n) is 7.27. The van der Waals surface area contributed by atoms with E-state index in [-0.39, 0.29) is 0 Å². The zero-order valence-corrected chi connectivity index (χ0v) is 14.5. The maximum atomic E-state index is 12.3. The van der Waals surface area contributed by atoms with Crippen LogP contribution in [-0.2, 0) is 23.8 Å². The summed E-state index contributed by atoms with van der Waals surface area (Å²) in [6.07, 6.45) is 0.394. The van der Waals surface area contributed by atoms with Gasteiger partial charge in [0.25, 0.3) is 5.79 Å². The lowest BCUT2D eigenvalue weighted by Crippen LogP contribution is -2.45. The Morgan fingerprint density at radius 2 is 1.79 bits per heavy atom. The van der Waals surface area contributed by atoms with Crippen LogP contribution in [0.15, 0.2) is 11.3 Å². The van der Waals surface area contributed by atoms with Crippen LogP contribution in [0.3, 0.4) is 0 Å². The molecule has 2 saturated heterocycles. The lowest BCUT2D eigenvalue weighted by Gasteiger charge is -2.32. The SMILES string of the molecule is CC(C)(C)OC(=O)N1CCCC1C(O)=C1C(=O)OC(C)(C)OC1=O. The fourth-order valence-corrected chi connectivity index (χ4v) is 2.62. The van der Waals surface area contributed by atoms with Gasteiger partial charge >= 0.3 is 18.0 Å². The molecule has 1 N–H and O–H groups in total. The number of likely N-dealkylation sites (tertiary alicyclic amines) is 1. The smallest absolute Gasteiger partial charge is 0.410 e. The molecule has 0 saturated carbocycles. The van der Waals surface area contributed by atoms with Crippen molar-refractivity contribution in [2.45, 2.75) is 64.9 Å². The topological polar surface area (TPSA) is 102 Å². The van der Waals surface area contributed by atoms with E-state index in [4.69, 9.17) is 14.2 Å². The fourth-order valence-electron chi connectivity index (χ4n) is 2.62. The predicted octanol–water partition coefficient (Wildman–Crippen LogP) is 2.03. The number of ether oxygens (including phenoxy) is 3. The molecule has 0 radical (unpaired) electrons. The summed E-state index contributed by atoms with van der Waals surface area (Å²) in [5.41, 5.74) is -1.27. The summed E-state index contributed by atoms with van der Waals surface area (Å²) in [6, 6.07) is -0.823. The van der Waals surface area contributed by atoms with E-state index in [0.717, 1.165) is 0 Å². The maximum Gasteiger partial charge on any atom is 0.410 e. The number of aliphatic hydroxyl groups excluding tert-OH is 1. The third kappa shape index (κ3) is 3.80. The first-order valence-corrected chi connectivity index (χ1v) is 7.81. The zero-order chi connectivity index (χ0) is 18.3. The third-order valence-electron chi connectivity index (χ3n) is 3.54. The van der Waals surface area contributed by atoms with Gasteiger partial charge in [0, 0.05) is 20.4 Å². The molecule has 8 nitrogen and oxygen atoms in total. The standard InChI is InChI=1S/C16H23NO7/c1-15(2,3)24-14(21)17-8-6-7-9(17)11(18)10-12(19)22-16(4,5)23-13(10)20/h9,18H,6-8H2,1-5H3. The number of hydrogen-bond donors (Lipinski definition) is 1. The first-order chi connectivity index (χ1) is 10.9. The Morgan fingerprint density at radius 3 is 2.29 bits per heavy atom. The highest BCUT2D eigenvalue weighted by Gasteiger charge is 2.45. The monoisotopic (exact) mass is 341 g/mol. The highest BCUT2D eigenvalue weighted by atomic mass is 16.7. The van der Waals surface area contributed by atoms with Crippen LogP contribution in [0.25, 0.3) is 0 Å². The second-order valence-corrected chi connectivity index (χ2v) is 7.27. The lowest BCUT2D eigenvalue weighted by atomic mass is 10.1. The van der Waals surface area contributed by atoms with Gasteiger partial charge in [-0.3, -0.25) is 4.90 Å². The molecule has 2 heterocycles. The van der Waals surface area contributed by atoms with E-state index in [1.54, 1.807) is 20.8 Å². The Balaban J connectivity index is 2.27. The van der Waals surface area contributed by atoms with Gasteiger partial charge in [-0.15, -0.1) is 0 Å². The van der Waals surface area contributed by atoms with Crippen molar-refractivity contribution in [1.82, 2.24) is 4.90 Å². The van der Waals surface area contributed by atoms with Crippen molar-refractivity contribution in [2.75, 3.05) is 6.54 Å². The molecule has 1 unspecified atom stereocenters. The second kappa shape index (κ2) is 5.99. The minimum absolute atomic E-state index is 0.354. The van der Waals surface area contributed by atoms with Gasteiger partial charge in [-0.05, 0) is 33.6 Å². The van der Waals surface area contributed by atoms with Crippen LogP contribution in [0, 0.1) is 0 Å². The van der Waals surface area contributed by atoms with Crippen molar-refractivity contribution >= 4 is 18.0 Å². The van der Waals surface area contributed by atoms with Crippen LogP contribution in [0.2, 0.25) is 0 Å². The van der Waals surface area contributed by atoms with E-state index >= 15 is 0 Å². The summed E-state index contributed by atoms with van der Waals surface area (Å²) in [5, 5.41) is 10.4. The van der Waals surface area contributed by atoms with E-state index in [9.17, 15) is 19.5 Å². The summed E-state index contributed by atoms with van der Waals surface area (Å²) >= 11 is 0. The van der Waals surface area contributed by atoms with Gasteiger partial charge < -0.3 is 19.3 Å². The molecule has 0 aromatic heterocycles. The molecule has 0 spiro atoms. The summed E-state index contributed by atoms with van der Waals surface area (Å²) in [6.45, 7) is 8.37. The first kappa shape index (κ1) is 18.1. The van der Waals surface area contributed by atoms with E-state index in [2.05, 4.69) is 0 Å². The van der Waals surface area contributed by atoms with E-state index in [1.807, 2.05) is 0 Å². The number of hydrogen-bond acceptors (Lipinski definition) is 7. The molecule has 0 aliphatic carbocycles. The molecule has 2 fully saturated rings. The van der Waals surface area contributed by atoms with Gasteiger partial charge in [0.05, 0.1) is 6.04 Å². The van der Waals surface area contributed by atoms with Crippen molar-refractivity contribution in [3.05, 3.63) is 11.3 Å². The maximum absolute atomic E-state index is 12.3. The van der Waals surface area contributed by atoms with E-state index in [0.29, 0.717) is 19.4 Å². The normalized spacial score (nSPS) is 23.6. The molecule has 0 aromatic carbocycles. The van der Waals surface area contributed by atoms with Crippen LogP contribution >= 0.6 is 0 Å². The summed E-state index contributed by atoms with van der Waals surface area (Å²) in [4.78, 5) is 37.7. The number of rotatable bonds is 1. The van der Waals surface area contributed by atoms with Crippen molar-refractivity contribution in [2.24, 2.45) is 0 Å². The average molecular weight is 341 g/mol. The Labute approximate surface area is 140 Å². The predicted molar refractivity (Wildman–Crippen MR) is 81.9 cm³/mol. The number of amides is 1. The summed E-state index contributed by atoms with van der Waals surface area (Å²) in [7, 11) is 0. The summed E-state index contributed by atoms with van der Waals surface area (Å²) in [5.74, 6) is -3.85. The van der Waals surface area contributed by atoms with E-state index < -0.39 is 46.8 Å². The number of esters is 2. The molecule has 8 heteroatoms. The highest BCUT2D eigenvalue weighted by molar-refractivity contribution is 6.15. The Bertz CT molecular complexity index is 578. The molecule has 2 aliphatic rings.